The minimum Gasteiger partial charge on any atom is -0.228 e. The Kier molecular flexibility index (Phi) is 7.19. The highest BCUT2D eigenvalue weighted by molar-refractivity contribution is 6.07. The van der Waals surface area contributed by atoms with E-state index in [1.807, 2.05) is 6.07 Å². The molecule has 0 unspecified atom stereocenters. The van der Waals surface area contributed by atoms with Gasteiger partial charge in [0.2, 0.25) is 0 Å². The standard InChI is InChI=1S/C51H36N2/c1-51(2)45-29-26-36(31-44(45)49-39-21-10-9-17-34(39)25-30-46(49)51)38-27-28-43(41-23-13-12-22-40(38)41)50-52-47(35-18-7-4-8-19-35)32-48(53-50)42-24-14-11-20-37(42)33-15-5-3-6-16-33/h3-32H,1-2H3. The number of aromatic nitrogens is 2. The first-order valence-corrected chi connectivity index (χ1v) is 18.3. The van der Waals surface area contributed by atoms with E-state index in [1.54, 1.807) is 0 Å². The molecule has 1 heterocycles. The van der Waals surface area contributed by atoms with Gasteiger partial charge in [0.25, 0.3) is 0 Å². The Morgan fingerprint density at radius 1 is 0.358 bits per heavy atom. The van der Waals surface area contributed by atoms with Crippen LogP contribution in [-0.4, -0.2) is 9.97 Å². The normalized spacial score (nSPS) is 12.9. The molecular formula is C51H36N2. The molecule has 250 valence electrons. The van der Waals surface area contributed by atoms with Crippen molar-refractivity contribution >= 4 is 21.5 Å². The average molecular weight is 677 g/mol. The van der Waals surface area contributed by atoms with Crippen molar-refractivity contribution in [3.63, 3.8) is 0 Å². The molecule has 0 aliphatic heterocycles. The molecule has 2 nitrogen and oxygen atoms in total. The van der Waals surface area contributed by atoms with Gasteiger partial charge in [-0.05, 0) is 84.3 Å². The Morgan fingerprint density at radius 3 is 1.72 bits per heavy atom. The van der Waals surface area contributed by atoms with Crippen LogP contribution in [0.4, 0.5) is 0 Å². The smallest absolute Gasteiger partial charge is 0.161 e. The van der Waals surface area contributed by atoms with Crippen LogP contribution in [0.2, 0.25) is 0 Å². The Bertz CT molecular complexity index is 2850. The summed E-state index contributed by atoms with van der Waals surface area (Å²) < 4.78 is 0. The molecule has 0 radical (unpaired) electrons. The maximum Gasteiger partial charge on any atom is 0.161 e. The van der Waals surface area contributed by atoms with Crippen molar-refractivity contribution in [1.29, 1.82) is 0 Å². The van der Waals surface area contributed by atoms with Crippen LogP contribution in [0.25, 0.3) is 88.8 Å². The largest absolute Gasteiger partial charge is 0.228 e. The topological polar surface area (TPSA) is 25.8 Å². The number of hydrogen-bond donors (Lipinski definition) is 0. The van der Waals surface area contributed by atoms with Gasteiger partial charge in [0.15, 0.2) is 5.82 Å². The van der Waals surface area contributed by atoms with Crippen LogP contribution in [-0.2, 0) is 5.41 Å². The number of hydrogen-bond acceptors (Lipinski definition) is 2. The quantitative estimate of drug-likeness (QED) is 0.181. The fraction of sp³-hybridized carbons (Fsp3) is 0.0588. The summed E-state index contributed by atoms with van der Waals surface area (Å²) in [5.41, 5.74) is 15.0. The SMILES string of the molecule is CC1(C)c2ccc(-c3ccc(-c4nc(-c5ccccc5)cc(-c5ccccc5-c5ccccc5)n4)c4ccccc34)cc2-c2c1ccc1ccccc21. The van der Waals surface area contributed by atoms with Gasteiger partial charge in [-0.1, -0.05) is 178 Å². The summed E-state index contributed by atoms with van der Waals surface area (Å²) >= 11 is 0. The van der Waals surface area contributed by atoms with Crippen molar-refractivity contribution < 1.29 is 0 Å². The molecular weight excluding hydrogens is 641 g/mol. The summed E-state index contributed by atoms with van der Waals surface area (Å²) in [6, 6.07) is 65.3. The molecule has 0 spiro atoms. The highest BCUT2D eigenvalue weighted by Gasteiger charge is 2.36. The zero-order chi connectivity index (χ0) is 35.5. The lowest BCUT2D eigenvalue weighted by molar-refractivity contribution is 0.661. The van der Waals surface area contributed by atoms with Crippen molar-refractivity contribution in [2.45, 2.75) is 19.3 Å². The van der Waals surface area contributed by atoms with Gasteiger partial charge in [-0.3, -0.25) is 0 Å². The minimum atomic E-state index is -0.0723. The Balaban J connectivity index is 1.16. The van der Waals surface area contributed by atoms with Crippen LogP contribution in [0.15, 0.2) is 182 Å². The molecule has 1 aliphatic rings. The predicted octanol–water partition coefficient (Wildman–Crippen LogP) is 13.4. The molecule has 1 aliphatic carbocycles. The second-order valence-corrected chi connectivity index (χ2v) is 14.5. The Hall–Kier alpha value is -6.64. The molecule has 0 N–H and O–H groups in total. The van der Waals surface area contributed by atoms with Crippen molar-refractivity contribution in [3.05, 3.63) is 193 Å². The minimum absolute atomic E-state index is 0.0723. The van der Waals surface area contributed by atoms with Crippen molar-refractivity contribution in [3.8, 4) is 67.3 Å². The third-order valence-corrected chi connectivity index (χ3v) is 11.1. The molecule has 0 atom stereocenters. The molecule has 10 rings (SSSR count). The lowest BCUT2D eigenvalue weighted by atomic mass is 9.81. The maximum absolute atomic E-state index is 5.34. The van der Waals surface area contributed by atoms with E-state index >= 15 is 0 Å². The molecule has 2 heteroatoms. The molecule has 0 amide bonds. The third kappa shape index (κ3) is 5.10. The first-order chi connectivity index (χ1) is 26.0. The molecule has 1 aromatic heterocycles. The predicted molar refractivity (Wildman–Crippen MR) is 222 cm³/mol. The van der Waals surface area contributed by atoms with Crippen LogP contribution in [0, 0.1) is 0 Å². The van der Waals surface area contributed by atoms with E-state index in [9.17, 15) is 0 Å². The molecule has 0 saturated heterocycles. The van der Waals surface area contributed by atoms with Crippen molar-refractivity contribution in [2.24, 2.45) is 0 Å². The second-order valence-electron chi connectivity index (χ2n) is 14.5. The zero-order valence-corrected chi connectivity index (χ0v) is 29.7. The molecule has 53 heavy (non-hydrogen) atoms. The van der Waals surface area contributed by atoms with Gasteiger partial charge in [-0.2, -0.15) is 0 Å². The van der Waals surface area contributed by atoms with Crippen LogP contribution in [0.3, 0.4) is 0 Å². The Labute approximate surface area is 310 Å². The first kappa shape index (κ1) is 31.1. The molecule has 0 fully saturated rings. The van der Waals surface area contributed by atoms with E-state index in [-0.39, 0.29) is 5.41 Å². The zero-order valence-electron chi connectivity index (χ0n) is 29.7. The van der Waals surface area contributed by atoms with Gasteiger partial charge in [0.1, 0.15) is 0 Å². The van der Waals surface area contributed by atoms with E-state index in [2.05, 4.69) is 190 Å². The van der Waals surface area contributed by atoms with Crippen molar-refractivity contribution in [1.82, 2.24) is 9.97 Å². The summed E-state index contributed by atoms with van der Waals surface area (Å²) in [5.74, 6) is 0.711. The highest BCUT2D eigenvalue weighted by atomic mass is 14.9. The van der Waals surface area contributed by atoms with Gasteiger partial charge in [-0.25, -0.2) is 9.97 Å². The number of nitrogens with zero attached hydrogens (tertiary/aromatic N) is 2. The monoisotopic (exact) mass is 676 g/mol. The third-order valence-electron chi connectivity index (χ3n) is 11.1. The summed E-state index contributed by atoms with van der Waals surface area (Å²) in [5, 5.41) is 4.90. The number of rotatable bonds is 5. The Morgan fingerprint density at radius 2 is 0.943 bits per heavy atom. The van der Waals surface area contributed by atoms with E-state index in [4.69, 9.17) is 9.97 Å². The van der Waals surface area contributed by atoms with E-state index in [0.29, 0.717) is 5.82 Å². The van der Waals surface area contributed by atoms with E-state index in [0.717, 1.165) is 44.6 Å². The molecule has 0 saturated carbocycles. The summed E-state index contributed by atoms with van der Waals surface area (Å²) in [6.45, 7) is 4.71. The summed E-state index contributed by atoms with van der Waals surface area (Å²) in [7, 11) is 0. The summed E-state index contributed by atoms with van der Waals surface area (Å²) in [6.07, 6.45) is 0. The van der Waals surface area contributed by atoms with Crippen molar-refractivity contribution in [2.75, 3.05) is 0 Å². The van der Waals surface area contributed by atoms with Gasteiger partial charge >= 0.3 is 0 Å². The van der Waals surface area contributed by atoms with Crippen LogP contribution >= 0.6 is 0 Å². The summed E-state index contributed by atoms with van der Waals surface area (Å²) in [4.78, 5) is 10.6. The number of benzene rings is 8. The van der Waals surface area contributed by atoms with Gasteiger partial charge in [0, 0.05) is 22.1 Å². The van der Waals surface area contributed by atoms with Gasteiger partial charge in [-0.15, -0.1) is 0 Å². The molecule has 0 bridgehead atoms. The van der Waals surface area contributed by atoms with E-state index in [1.165, 1.54) is 49.5 Å². The lowest BCUT2D eigenvalue weighted by Gasteiger charge is -2.21. The molecule has 8 aromatic carbocycles. The van der Waals surface area contributed by atoms with Crippen LogP contribution < -0.4 is 0 Å². The van der Waals surface area contributed by atoms with Crippen LogP contribution in [0.5, 0.6) is 0 Å². The lowest BCUT2D eigenvalue weighted by Crippen LogP contribution is -2.14. The fourth-order valence-electron chi connectivity index (χ4n) is 8.48. The average Bonchev–Trinajstić information content (AvgIpc) is 3.46. The number of fused-ring (bicyclic) bond motifs is 6. The first-order valence-electron chi connectivity index (χ1n) is 18.3. The van der Waals surface area contributed by atoms with E-state index < -0.39 is 0 Å². The van der Waals surface area contributed by atoms with Gasteiger partial charge in [0.05, 0.1) is 11.4 Å². The van der Waals surface area contributed by atoms with Gasteiger partial charge < -0.3 is 0 Å². The fourth-order valence-corrected chi connectivity index (χ4v) is 8.48. The second kappa shape index (κ2) is 12.3. The molecule has 9 aromatic rings. The van der Waals surface area contributed by atoms with Crippen LogP contribution in [0.1, 0.15) is 25.0 Å². The highest BCUT2D eigenvalue weighted by Crippen LogP contribution is 2.52. The maximum atomic E-state index is 5.34.